The van der Waals surface area contributed by atoms with Gasteiger partial charge in [-0.3, -0.25) is 5.41 Å². The Kier molecular flexibility index (Phi) is 3.10. The van der Waals surface area contributed by atoms with Crippen LogP contribution in [0.4, 0.5) is 0 Å². The van der Waals surface area contributed by atoms with Crippen LogP contribution in [0.2, 0.25) is 0 Å². The van der Waals surface area contributed by atoms with E-state index in [2.05, 4.69) is 15.2 Å². The second kappa shape index (κ2) is 4.54. The number of nitrogens with two attached hydrogens (primary N) is 1. The lowest BCUT2D eigenvalue weighted by molar-refractivity contribution is 0.764. The maximum Gasteiger partial charge on any atom is 0.197 e. The molecule has 2 rings (SSSR count). The second-order valence-corrected chi connectivity index (χ2v) is 4.47. The summed E-state index contributed by atoms with van der Waals surface area (Å²) in [6, 6.07) is 3.46. The number of hydrogen-bond acceptors (Lipinski definition) is 5. The molecule has 0 radical (unpaired) electrons. The zero-order chi connectivity index (χ0) is 12.4. The number of amidine groups is 1. The van der Waals surface area contributed by atoms with Crippen LogP contribution in [0.1, 0.15) is 11.4 Å². The third-order valence-corrected chi connectivity index (χ3v) is 3.26. The number of hydrogen-bond donors (Lipinski definition) is 2. The van der Waals surface area contributed by atoms with Crippen LogP contribution in [0.15, 0.2) is 28.5 Å². The molecule has 88 valence electrons. The molecule has 0 aromatic carbocycles. The average molecular weight is 248 g/mol. The molecule has 0 saturated carbocycles. The van der Waals surface area contributed by atoms with Gasteiger partial charge in [0.1, 0.15) is 16.7 Å². The molecule has 2 aromatic heterocycles. The minimum Gasteiger partial charge on any atom is -0.384 e. The molecule has 0 spiro atoms. The van der Waals surface area contributed by atoms with Crippen molar-refractivity contribution in [2.45, 2.75) is 17.1 Å². The highest BCUT2D eigenvalue weighted by Crippen LogP contribution is 2.24. The monoisotopic (exact) mass is 248 g/mol. The summed E-state index contributed by atoms with van der Waals surface area (Å²) < 4.78 is 1.88. The third kappa shape index (κ3) is 2.44. The maximum absolute atomic E-state index is 7.37. The fraction of sp³-hybridized carbons (Fsp3) is 0.200. The molecule has 0 aliphatic rings. The van der Waals surface area contributed by atoms with Crippen LogP contribution < -0.4 is 5.73 Å². The Morgan fingerprint density at radius 3 is 2.82 bits per heavy atom. The molecule has 0 amide bonds. The summed E-state index contributed by atoms with van der Waals surface area (Å²) in [5, 5.41) is 16.9. The van der Waals surface area contributed by atoms with Gasteiger partial charge in [0.2, 0.25) is 0 Å². The van der Waals surface area contributed by atoms with Crippen molar-refractivity contribution in [3.05, 3.63) is 29.7 Å². The van der Waals surface area contributed by atoms with E-state index in [1.807, 2.05) is 18.5 Å². The number of nitrogen functional groups attached to an aromatic ring is 1. The highest BCUT2D eigenvalue weighted by Gasteiger charge is 2.08. The number of aromatic nitrogens is 4. The summed E-state index contributed by atoms with van der Waals surface area (Å²) in [6.45, 7) is 1.89. The normalized spacial score (nSPS) is 10.5. The summed E-state index contributed by atoms with van der Waals surface area (Å²) in [5.74, 6) is 0.874. The Hall–Kier alpha value is -1.89. The van der Waals surface area contributed by atoms with E-state index < -0.39 is 0 Å². The molecule has 3 N–H and O–H groups in total. The van der Waals surface area contributed by atoms with E-state index in [0.717, 1.165) is 16.0 Å². The number of nitrogens with zero attached hydrogens (tertiary/aromatic N) is 4. The minimum absolute atomic E-state index is 0.0309. The molecule has 17 heavy (non-hydrogen) atoms. The Balaban J connectivity index is 2.27. The summed E-state index contributed by atoms with van der Waals surface area (Å²) >= 11 is 1.39. The summed E-state index contributed by atoms with van der Waals surface area (Å²) in [7, 11) is 1.90. The predicted octanol–water partition coefficient (Wildman–Crippen LogP) is 0.954. The summed E-state index contributed by atoms with van der Waals surface area (Å²) in [5.41, 5.74) is 6.08. The van der Waals surface area contributed by atoms with E-state index in [4.69, 9.17) is 11.1 Å². The lowest BCUT2D eigenvalue weighted by Gasteiger charge is -2.02. The Labute approximate surface area is 103 Å². The summed E-state index contributed by atoms with van der Waals surface area (Å²) in [4.78, 5) is 4.20. The minimum atomic E-state index is 0.0309. The van der Waals surface area contributed by atoms with E-state index in [1.165, 1.54) is 11.8 Å². The maximum atomic E-state index is 7.37. The van der Waals surface area contributed by atoms with Crippen molar-refractivity contribution in [1.29, 1.82) is 5.41 Å². The van der Waals surface area contributed by atoms with Gasteiger partial charge < -0.3 is 10.3 Å². The van der Waals surface area contributed by atoms with Gasteiger partial charge >= 0.3 is 0 Å². The van der Waals surface area contributed by atoms with Crippen LogP contribution in [0.25, 0.3) is 0 Å². The first-order valence-corrected chi connectivity index (χ1v) is 5.74. The Morgan fingerprint density at radius 2 is 2.24 bits per heavy atom. The SMILES string of the molecule is Cc1nnc(Sc2cc(C(=N)N)ccn2)n1C. The van der Waals surface area contributed by atoms with Crippen LogP contribution in [-0.4, -0.2) is 25.6 Å². The van der Waals surface area contributed by atoms with Crippen molar-refractivity contribution < 1.29 is 0 Å². The molecular weight excluding hydrogens is 236 g/mol. The smallest absolute Gasteiger partial charge is 0.197 e. The van der Waals surface area contributed by atoms with Gasteiger partial charge in [-0.25, -0.2) is 4.98 Å². The van der Waals surface area contributed by atoms with Crippen LogP contribution in [0.3, 0.4) is 0 Å². The number of rotatable bonds is 3. The zero-order valence-corrected chi connectivity index (χ0v) is 10.3. The average Bonchev–Trinajstić information content (AvgIpc) is 2.61. The van der Waals surface area contributed by atoms with Crippen molar-refractivity contribution in [3.63, 3.8) is 0 Å². The van der Waals surface area contributed by atoms with E-state index in [-0.39, 0.29) is 5.84 Å². The van der Waals surface area contributed by atoms with Gasteiger partial charge in [-0.15, -0.1) is 10.2 Å². The van der Waals surface area contributed by atoms with Gasteiger partial charge in [0.25, 0.3) is 0 Å². The molecule has 0 unspecified atom stereocenters. The van der Waals surface area contributed by atoms with Gasteiger partial charge in [-0.05, 0) is 30.8 Å². The molecule has 0 saturated heterocycles. The molecule has 0 aliphatic heterocycles. The van der Waals surface area contributed by atoms with E-state index in [0.29, 0.717) is 5.56 Å². The van der Waals surface area contributed by atoms with Gasteiger partial charge in [-0.1, -0.05) is 0 Å². The van der Waals surface area contributed by atoms with Gasteiger partial charge in [0.05, 0.1) is 0 Å². The van der Waals surface area contributed by atoms with Crippen molar-refractivity contribution in [2.75, 3.05) is 0 Å². The van der Waals surface area contributed by atoms with E-state index in [9.17, 15) is 0 Å². The molecule has 0 aliphatic carbocycles. The van der Waals surface area contributed by atoms with Crippen molar-refractivity contribution in [1.82, 2.24) is 19.7 Å². The fourth-order valence-electron chi connectivity index (χ4n) is 1.20. The van der Waals surface area contributed by atoms with Gasteiger partial charge in [0, 0.05) is 18.8 Å². The molecule has 0 bridgehead atoms. The van der Waals surface area contributed by atoms with Crippen LogP contribution >= 0.6 is 11.8 Å². The molecule has 0 fully saturated rings. The number of aryl methyl sites for hydroxylation is 1. The number of pyridine rings is 1. The lowest BCUT2D eigenvalue weighted by Crippen LogP contribution is -2.11. The molecular formula is C10H12N6S. The van der Waals surface area contributed by atoms with Gasteiger partial charge in [0.15, 0.2) is 5.16 Å². The Morgan fingerprint density at radius 1 is 1.47 bits per heavy atom. The lowest BCUT2D eigenvalue weighted by atomic mass is 10.2. The zero-order valence-electron chi connectivity index (χ0n) is 9.51. The summed E-state index contributed by atoms with van der Waals surface area (Å²) in [6.07, 6.45) is 1.63. The molecule has 2 aromatic rings. The quantitative estimate of drug-likeness (QED) is 0.623. The first-order valence-electron chi connectivity index (χ1n) is 4.92. The van der Waals surface area contributed by atoms with E-state index >= 15 is 0 Å². The molecule has 0 atom stereocenters. The first-order chi connectivity index (χ1) is 8.08. The highest BCUT2D eigenvalue weighted by molar-refractivity contribution is 7.99. The molecule has 2 heterocycles. The predicted molar refractivity (Wildman–Crippen MR) is 65.1 cm³/mol. The topological polar surface area (TPSA) is 93.5 Å². The fourth-order valence-corrected chi connectivity index (χ4v) is 2.04. The molecule has 7 heteroatoms. The van der Waals surface area contributed by atoms with Crippen molar-refractivity contribution in [2.24, 2.45) is 12.8 Å². The van der Waals surface area contributed by atoms with Gasteiger partial charge in [-0.2, -0.15) is 0 Å². The van der Waals surface area contributed by atoms with E-state index in [1.54, 1.807) is 18.3 Å². The number of nitrogens with one attached hydrogen (secondary N) is 1. The van der Waals surface area contributed by atoms with Crippen LogP contribution in [-0.2, 0) is 7.05 Å². The third-order valence-electron chi connectivity index (χ3n) is 2.29. The molecule has 6 nitrogen and oxygen atoms in total. The second-order valence-electron chi connectivity index (χ2n) is 3.49. The Bertz CT molecular complexity index is 562. The first kappa shape index (κ1) is 11.6. The van der Waals surface area contributed by atoms with Crippen molar-refractivity contribution in [3.8, 4) is 0 Å². The largest absolute Gasteiger partial charge is 0.384 e. The van der Waals surface area contributed by atoms with Crippen molar-refractivity contribution >= 4 is 17.6 Å². The van der Waals surface area contributed by atoms with Crippen LogP contribution in [0, 0.1) is 12.3 Å². The van der Waals surface area contributed by atoms with Crippen LogP contribution in [0.5, 0.6) is 0 Å². The standard InChI is InChI=1S/C10H12N6S/c1-6-14-15-10(16(6)2)17-8-5-7(9(11)12)3-4-13-8/h3-5H,1-2H3,(H3,11,12). The highest BCUT2D eigenvalue weighted by atomic mass is 32.2.